The van der Waals surface area contributed by atoms with Crippen molar-refractivity contribution >= 4 is 11.7 Å². The number of aryl methyl sites for hydroxylation is 2. The predicted molar refractivity (Wildman–Crippen MR) is 63.0 cm³/mol. The van der Waals surface area contributed by atoms with Crippen molar-refractivity contribution < 1.29 is 13.9 Å². The molecule has 0 aliphatic heterocycles. The molecule has 0 aliphatic rings. The molecule has 0 fully saturated rings. The summed E-state index contributed by atoms with van der Waals surface area (Å²) in [7, 11) is 0. The minimum absolute atomic E-state index is 0.251. The number of fused-ring (bicyclic) bond motifs is 1. The van der Waals surface area contributed by atoms with E-state index in [0.29, 0.717) is 17.9 Å². The lowest BCUT2D eigenvalue weighted by atomic mass is 10.2. The molecule has 2 aromatic heterocycles. The van der Waals surface area contributed by atoms with E-state index in [1.807, 2.05) is 6.92 Å². The maximum absolute atomic E-state index is 13.5. The minimum Gasteiger partial charge on any atom is -0.461 e. The van der Waals surface area contributed by atoms with Crippen LogP contribution in [0.4, 0.5) is 4.39 Å². The van der Waals surface area contributed by atoms with E-state index in [9.17, 15) is 9.18 Å². The number of nitrogens with zero attached hydrogens (tertiary/aromatic N) is 3. The van der Waals surface area contributed by atoms with Crippen LogP contribution in [0, 0.1) is 12.7 Å². The molecule has 0 radical (unpaired) electrons. The van der Waals surface area contributed by atoms with Gasteiger partial charge in [0.1, 0.15) is 0 Å². The number of ether oxygens (including phenoxy) is 1. The topological polar surface area (TPSA) is 56.5 Å². The lowest BCUT2D eigenvalue weighted by molar-refractivity contribution is 0.0517. The summed E-state index contributed by atoms with van der Waals surface area (Å²) >= 11 is 0. The monoisotopic (exact) mass is 251 g/mol. The van der Waals surface area contributed by atoms with Gasteiger partial charge in [-0.3, -0.25) is 4.40 Å². The Morgan fingerprint density at radius 2 is 2.17 bits per heavy atom. The highest BCUT2D eigenvalue weighted by atomic mass is 19.1. The van der Waals surface area contributed by atoms with E-state index in [4.69, 9.17) is 4.74 Å². The van der Waals surface area contributed by atoms with Crippen LogP contribution in [0.5, 0.6) is 0 Å². The lowest BCUT2D eigenvalue weighted by Crippen LogP contribution is -2.11. The highest BCUT2D eigenvalue weighted by molar-refractivity contribution is 5.89. The number of hydrogen-bond acceptors (Lipinski definition) is 4. The minimum atomic E-state index is -0.507. The first-order chi connectivity index (χ1) is 8.58. The smallest absolute Gasteiger partial charge is 0.357 e. The molecule has 0 amide bonds. The average Bonchev–Trinajstić information content (AvgIpc) is 2.68. The van der Waals surface area contributed by atoms with Crippen molar-refractivity contribution in [3.8, 4) is 0 Å². The molecule has 0 aliphatic carbocycles. The quantitative estimate of drug-likeness (QED) is 0.782. The van der Waals surface area contributed by atoms with Gasteiger partial charge in [0.15, 0.2) is 11.5 Å². The van der Waals surface area contributed by atoms with Crippen LogP contribution in [-0.2, 0) is 11.2 Å². The Balaban J connectivity index is 2.68. The second-order valence-electron chi connectivity index (χ2n) is 3.83. The molecule has 2 heterocycles. The highest BCUT2D eigenvalue weighted by Crippen LogP contribution is 2.15. The summed E-state index contributed by atoms with van der Waals surface area (Å²) in [6.07, 6.45) is 1.77. The Morgan fingerprint density at radius 1 is 1.44 bits per heavy atom. The molecule has 2 aromatic rings. The third-order valence-electron chi connectivity index (χ3n) is 2.62. The molecule has 0 aromatic carbocycles. The van der Waals surface area contributed by atoms with Gasteiger partial charge < -0.3 is 4.74 Å². The maximum Gasteiger partial charge on any atom is 0.357 e. The van der Waals surface area contributed by atoms with E-state index in [1.165, 1.54) is 10.6 Å². The van der Waals surface area contributed by atoms with Gasteiger partial charge in [-0.2, -0.15) is 0 Å². The summed E-state index contributed by atoms with van der Waals surface area (Å²) in [5.41, 5.74) is 1.07. The molecule has 96 valence electrons. The van der Waals surface area contributed by atoms with Crippen LogP contribution in [0.3, 0.4) is 0 Å². The lowest BCUT2D eigenvalue weighted by Gasteiger charge is -2.04. The number of rotatable bonds is 3. The van der Waals surface area contributed by atoms with E-state index in [1.54, 1.807) is 13.8 Å². The van der Waals surface area contributed by atoms with Gasteiger partial charge in [-0.1, -0.05) is 6.92 Å². The Morgan fingerprint density at radius 3 is 2.78 bits per heavy atom. The van der Waals surface area contributed by atoms with Gasteiger partial charge in [-0.05, 0) is 20.3 Å². The van der Waals surface area contributed by atoms with Gasteiger partial charge in [0, 0.05) is 0 Å². The molecular formula is C12H14FN3O2. The van der Waals surface area contributed by atoms with Gasteiger partial charge in [0.05, 0.1) is 24.2 Å². The van der Waals surface area contributed by atoms with Gasteiger partial charge in [-0.15, -0.1) is 0 Å². The maximum atomic E-state index is 13.5. The molecule has 0 atom stereocenters. The Labute approximate surface area is 104 Å². The van der Waals surface area contributed by atoms with Gasteiger partial charge in [0.2, 0.25) is 5.78 Å². The second-order valence-corrected chi connectivity index (χ2v) is 3.83. The number of carbonyl (C=O) groups is 1. The van der Waals surface area contributed by atoms with E-state index < -0.39 is 11.8 Å². The number of halogens is 1. The van der Waals surface area contributed by atoms with Gasteiger partial charge in [-0.25, -0.2) is 19.2 Å². The first-order valence-electron chi connectivity index (χ1n) is 5.79. The van der Waals surface area contributed by atoms with E-state index >= 15 is 0 Å². The average molecular weight is 251 g/mol. The number of carbonyl (C=O) groups excluding carboxylic acids is 1. The molecule has 18 heavy (non-hydrogen) atoms. The first-order valence-corrected chi connectivity index (χ1v) is 5.79. The molecule has 0 spiro atoms. The van der Waals surface area contributed by atoms with Crippen LogP contribution in [0.15, 0.2) is 6.20 Å². The number of hydrogen-bond donors (Lipinski definition) is 0. The van der Waals surface area contributed by atoms with Crippen LogP contribution in [-0.4, -0.2) is 26.9 Å². The summed E-state index contributed by atoms with van der Waals surface area (Å²) in [6.45, 7) is 5.40. The van der Waals surface area contributed by atoms with Gasteiger partial charge in [0.25, 0.3) is 0 Å². The molecule has 0 saturated heterocycles. The summed E-state index contributed by atoms with van der Waals surface area (Å²) in [5.74, 6) is -0.672. The molecular weight excluding hydrogens is 237 g/mol. The van der Waals surface area contributed by atoms with Crippen LogP contribution in [0.2, 0.25) is 0 Å². The summed E-state index contributed by atoms with van der Waals surface area (Å²) in [5, 5.41) is 0. The fourth-order valence-electron chi connectivity index (χ4n) is 1.74. The molecule has 0 saturated carbocycles. The molecule has 0 N–H and O–H groups in total. The van der Waals surface area contributed by atoms with E-state index in [0.717, 1.165) is 0 Å². The van der Waals surface area contributed by atoms with Gasteiger partial charge >= 0.3 is 5.97 Å². The normalized spacial score (nSPS) is 10.9. The third-order valence-corrected chi connectivity index (χ3v) is 2.62. The Kier molecular flexibility index (Phi) is 3.27. The van der Waals surface area contributed by atoms with Crippen LogP contribution >= 0.6 is 0 Å². The highest BCUT2D eigenvalue weighted by Gasteiger charge is 2.20. The van der Waals surface area contributed by atoms with Crippen LogP contribution < -0.4 is 0 Å². The predicted octanol–water partition coefficient (Wildman–Crippen LogP) is 1.92. The standard InChI is InChI=1S/C12H14FN3O2/c1-4-9-10(11(17)18-5-2)16-6-8(13)7(3)14-12(16)15-9/h6H,4-5H2,1-3H3. The zero-order valence-corrected chi connectivity index (χ0v) is 10.5. The molecule has 6 heteroatoms. The zero-order valence-electron chi connectivity index (χ0n) is 10.5. The fraction of sp³-hybridized carbons (Fsp3) is 0.417. The fourth-order valence-corrected chi connectivity index (χ4v) is 1.74. The molecule has 2 rings (SSSR count). The van der Waals surface area contributed by atoms with Crippen molar-refractivity contribution in [1.29, 1.82) is 0 Å². The number of imidazole rings is 1. The summed E-state index contributed by atoms with van der Waals surface area (Å²) in [4.78, 5) is 20.1. The van der Waals surface area contributed by atoms with Crippen molar-refractivity contribution in [2.24, 2.45) is 0 Å². The summed E-state index contributed by atoms with van der Waals surface area (Å²) < 4.78 is 19.8. The molecule has 5 nitrogen and oxygen atoms in total. The van der Waals surface area contributed by atoms with Crippen molar-refractivity contribution in [3.05, 3.63) is 29.1 Å². The molecule has 0 bridgehead atoms. The van der Waals surface area contributed by atoms with Crippen molar-refractivity contribution in [1.82, 2.24) is 14.4 Å². The summed E-state index contributed by atoms with van der Waals surface area (Å²) in [6, 6.07) is 0. The van der Waals surface area contributed by atoms with Crippen molar-refractivity contribution in [2.75, 3.05) is 6.61 Å². The Hall–Kier alpha value is -1.98. The number of aromatic nitrogens is 3. The largest absolute Gasteiger partial charge is 0.461 e. The van der Waals surface area contributed by atoms with Crippen molar-refractivity contribution in [3.63, 3.8) is 0 Å². The molecule has 0 unspecified atom stereocenters. The van der Waals surface area contributed by atoms with Crippen molar-refractivity contribution in [2.45, 2.75) is 27.2 Å². The van der Waals surface area contributed by atoms with Crippen LogP contribution in [0.1, 0.15) is 35.7 Å². The van der Waals surface area contributed by atoms with Crippen LogP contribution in [0.25, 0.3) is 5.78 Å². The Bertz CT molecular complexity index is 607. The third kappa shape index (κ3) is 1.94. The SMILES string of the molecule is CCOC(=O)c1c(CC)nc2nc(C)c(F)cn12. The first kappa shape index (κ1) is 12.5. The second kappa shape index (κ2) is 4.72. The number of esters is 1. The zero-order chi connectivity index (χ0) is 13.3. The van der Waals surface area contributed by atoms with E-state index in [-0.39, 0.29) is 18.0 Å². The van der Waals surface area contributed by atoms with E-state index in [2.05, 4.69) is 9.97 Å².